The summed E-state index contributed by atoms with van der Waals surface area (Å²) in [7, 11) is 3.10. The Balaban J connectivity index is 2.03. The van der Waals surface area contributed by atoms with Gasteiger partial charge in [-0.2, -0.15) is 0 Å². The van der Waals surface area contributed by atoms with Gasteiger partial charge >= 0.3 is 0 Å². The molecule has 0 amide bonds. The number of hydrogen-bond donors (Lipinski definition) is 0. The first-order valence-electron chi connectivity index (χ1n) is 9.08. The van der Waals surface area contributed by atoms with Crippen LogP contribution in [-0.4, -0.2) is 24.1 Å². The second kappa shape index (κ2) is 8.00. The number of fused-ring (bicyclic) bond motifs is 1. The zero-order valence-electron chi connectivity index (χ0n) is 16.3. The summed E-state index contributed by atoms with van der Waals surface area (Å²) in [6.07, 6.45) is 0. The van der Waals surface area contributed by atoms with Gasteiger partial charge in [-0.05, 0) is 29.3 Å². The summed E-state index contributed by atoms with van der Waals surface area (Å²) < 4.78 is 10.8. The Morgan fingerprint density at radius 2 is 1.63 bits per heavy atom. The normalized spacial score (nSPS) is 10.8. The van der Waals surface area contributed by atoms with E-state index in [4.69, 9.17) is 26.1 Å². The maximum atomic E-state index is 11.3. The van der Waals surface area contributed by atoms with Crippen molar-refractivity contribution in [3.8, 4) is 33.9 Å². The summed E-state index contributed by atoms with van der Waals surface area (Å²) in [5.74, 6) is 1.06. The second-order valence-corrected chi connectivity index (χ2v) is 6.97. The van der Waals surface area contributed by atoms with E-state index in [1.54, 1.807) is 31.4 Å². The number of benzene rings is 3. The van der Waals surface area contributed by atoms with Gasteiger partial charge in [0, 0.05) is 29.1 Å². The number of rotatable bonds is 5. The Morgan fingerprint density at radius 1 is 0.900 bits per heavy atom. The molecule has 4 rings (SSSR count). The first-order chi connectivity index (χ1) is 14.5. The maximum Gasteiger partial charge on any atom is 0.270 e. The molecule has 0 bridgehead atoms. The van der Waals surface area contributed by atoms with Gasteiger partial charge in [0.15, 0.2) is 0 Å². The molecule has 0 aliphatic carbocycles. The average Bonchev–Trinajstić information content (AvgIpc) is 2.78. The summed E-state index contributed by atoms with van der Waals surface area (Å²) in [6, 6.07) is 19.7. The summed E-state index contributed by atoms with van der Waals surface area (Å²) in [4.78, 5) is 15.6. The van der Waals surface area contributed by atoms with E-state index in [1.165, 1.54) is 13.2 Å². The van der Waals surface area contributed by atoms with E-state index in [1.807, 2.05) is 36.4 Å². The molecule has 0 atom stereocenters. The van der Waals surface area contributed by atoms with Crippen molar-refractivity contribution in [2.75, 3.05) is 14.2 Å². The monoisotopic (exact) mass is 420 g/mol. The highest BCUT2D eigenvalue weighted by Gasteiger charge is 2.17. The molecule has 0 aliphatic rings. The van der Waals surface area contributed by atoms with Crippen LogP contribution in [0.5, 0.6) is 11.5 Å². The van der Waals surface area contributed by atoms with Crippen LogP contribution in [-0.2, 0) is 0 Å². The van der Waals surface area contributed by atoms with Crippen molar-refractivity contribution in [2.45, 2.75) is 0 Å². The van der Waals surface area contributed by atoms with Gasteiger partial charge in [-0.15, -0.1) is 0 Å². The lowest BCUT2D eigenvalue weighted by Gasteiger charge is -2.14. The quantitative estimate of drug-likeness (QED) is 0.286. The fraction of sp³-hybridized carbons (Fsp3) is 0.0870. The zero-order valence-corrected chi connectivity index (χ0v) is 17.0. The van der Waals surface area contributed by atoms with E-state index in [-0.39, 0.29) is 5.69 Å². The van der Waals surface area contributed by atoms with E-state index in [2.05, 4.69) is 0 Å². The minimum Gasteiger partial charge on any atom is -0.496 e. The van der Waals surface area contributed by atoms with E-state index in [0.717, 1.165) is 11.1 Å². The molecule has 0 spiro atoms. The van der Waals surface area contributed by atoms with Crippen molar-refractivity contribution in [1.29, 1.82) is 0 Å². The first-order valence-corrected chi connectivity index (χ1v) is 9.46. The topological polar surface area (TPSA) is 74.5 Å². The molecule has 150 valence electrons. The van der Waals surface area contributed by atoms with Crippen molar-refractivity contribution in [3.05, 3.63) is 81.9 Å². The van der Waals surface area contributed by atoms with Crippen molar-refractivity contribution in [2.24, 2.45) is 0 Å². The molecule has 0 radical (unpaired) electrons. The molecule has 7 heteroatoms. The fourth-order valence-electron chi connectivity index (χ4n) is 3.38. The van der Waals surface area contributed by atoms with Gasteiger partial charge in [0.2, 0.25) is 0 Å². The number of hydrogen-bond acceptors (Lipinski definition) is 5. The SMILES string of the molecule is COc1cc(OC)c(-c2cc(-c3ccccc3)c3cc([N+](=O)[O-])ccc3n2)cc1Cl. The van der Waals surface area contributed by atoms with Crippen molar-refractivity contribution in [1.82, 2.24) is 4.98 Å². The van der Waals surface area contributed by atoms with Crippen LogP contribution in [0.1, 0.15) is 0 Å². The third kappa shape index (κ3) is 3.53. The van der Waals surface area contributed by atoms with Crippen molar-refractivity contribution >= 4 is 28.2 Å². The molecule has 3 aromatic carbocycles. The highest BCUT2D eigenvalue weighted by molar-refractivity contribution is 6.32. The smallest absolute Gasteiger partial charge is 0.270 e. The lowest BCUT2D eigenvalue weighted by molar-refractivity contribution is -0.384. The molecule has 0 saturated heterocycles. The van der Waals surface area contributed by atoms with Crippen molar-refractivity contribution < 1.29 is 14.4 Å². The van der Waals surface area contributed by atoms with Gasteiger partial charge < -0.3 is 9.47 Å². The molecule has 6 nitrogen and oxygen atoms in total. The number of non-ortho nitro benzene ring substituents is 1. The van der Waals surface area contributed by atoms with Crippen molar-refractivity contribution in [3.63, 3.8) is 0 Å². The van der Waals surface area contributed by atoms with Crippen LogP contribution in [0.3, 0.4) is 0 Å². The number of ether oxygens (including phenoxy) is 2. The Labute approximate surface area is 177 Å². The summed E-state index contributed by atoms with van der Waals surface area (Å²) in [6.45, 7) is 0. The standard InChI is InChI=1S/C23H17ClN2O4/c1-29-22-13-23(30-2)19(24)11-18(22)21-12-16(14-6-4-3-5-7-14)17-10-15(26(27)28)8-9-20(17)25-21/h3-13H,1-2H3. The number of nitro benzene ring substituents is 1. The fourth-order valence-corrected chi connectivity index (χ4v) is 3.62. The summed E-state index contributed by atoms with van der Waals surface area (Å²) in [5.41, 5.74) is 3.72. The van der Waals surface area contributed by atoms with Crippen LogP contribution in [0.2, 0.25) is 5.02 Å². The van der Waals surface area contributed by atoms with Gasteiger partial charge in [-0.1, -0.05) is 41.9 Å². The predicted octanol–water partition coefficient (Wildman–Crippen LogP) is 6.15. The highest BCUT2D eigenvalue weighted by atomic mass is 35.5. The summed E-state index contributed by atoms with van der Waals surface area (Å²) >= 11 is 6.36. The molecular weight excluding hydrogens is 404 g/mol. The molecule has 0 unspecified atom stereocenters. The third-order valence-electron chi connectivity index (χ3n) is 4.84. The van der Waals surface area contributed by atoms with E-state index >= 15 is 0 Å². The Hall–Kier alpha value is -3.64. The first kappa shape index (κ1) is 19.7. The number of pyridine rings is 1. The average molecular weight is 421 g/mol. The molecule has 4 aromatic rings. The Kier molecular flexibility index (Phi) is 5.25. The van der Waals surface area contributed by atoms with Crippen LogP contribution in [0, 0.1) is 10.1 Å². The summed E-state index contributed by atoms with van der Waals surface area (Å²) in [5, 5.41) is 12.4. The minimum atomic E-state index is -0.408. The minimum absolute atomic E-state index is 0.0132. The van der Waals surface area contributed by atoms with E-state index in [9.17, 15) is 10.1 Å². The van der Waals surface area contributed by atoms with Crippen LogP contribution >= 0.6 is 11.6 Å². The number of methoxy groups -OCH3 is 2. The van der Waals surface area contributed by atoms with Gasteiger partial charge in [-0.25, -0.2) is 4.98 Å². The van der Waals surface area contributed by atoms with Gasteiger partial charge in [0.25, 0.3) is 5.69 Å². The molecular formula is C23H17ClN2O4. The maximum absolute atomic E-state index is 11.3. The van der Waals surface area contributed by atoms with Crippen LogP contribution in [0.4, 0.5) is 5.69 Å². The molecule has 0 saturated carbocycles. The van der Waals surface area contributed by atoms with Gasteiger partial charge in [0.05, 0.1) is 35.4 Å². The molecule has 1 heterocycles. The molecule has 0 fully saturated rings. The Bertz CT molecular complexity index is 1260. The Morgan fingerprint density at radius 3 is 2.30 bits per heavy atom. The molecule has 1 aromatic heterocycles. The third-order valence-corrected chi connectivity index (χ3v) is 5.13. The van der Waals surface area contributed by atoms with E-state index < -0.39 is 4.92 Å². The van der Waals surface area contributed by atoms with E-state index in [0.29, 0.717) is 38.7 Å². The van der Waals surface area contributed by atoms with Crippen LogP contribution in [0.25, 0.3) is 33.3 Å². The zero-order chi connectivity index (χ0) is 21.3. The van der Waals surface area contributed by atoms with Crippen LogP contribution < -0.4 is 9.47 Å². The molecule has 0 aliphatic heterocycles. The molecule has 30 heavy (non-hydrogen) atoms. The largest absolute Gasteiger partial charge is 0.496 e. The lowest BCUT2D eigenvalue weighted by atomic mass is 9.97. The number of nitrogens with zero attached hydrogens (tertiary/aromatic N) is 2. The predicted molar refractivity (Wildman–Crippen MR) is 117 cm³/mol. The number of nitro groups is 1. The lowest BCUT2D eigenvalue weighted by Crippen LogP contribution is -1.96. The van der Waals surface area contributed by atoms with Crippen LogP contribution in [0.15, 0.2) is 66.7 Å². The highest BCUT2D eigenvalue weighted by Crippen LogP contribution is 2.40. The van der Waals surface area contributed by atoms with Gasteiger partial charge in [0.1, 0.15) is 11.5 Å². The second-order valence-electron chi connectivity index (χ2n) is 6.57. The van der Waals surface area contributed by atoms with Gasteiger partial charge in [-0.3, -0.25) is 10.1 Å². The number of aromatic nitrogens is 1. The number of halogens is 1. The molecule has 0 N–H and O–H groups in total.